The highest BCUT2D eigenvalue weighted by Crippen LogP contribution is 2.21. The molecule has 2 aromatic carbocycles. The Balaban J connectivity index is 1.88. The molecule has 0 fully saturated rings. The number of ether oxygens (including phenoxy) is 2. The zero-order valence-electron chi connectivity index (χ0n) is 15.5. The van der Waals surface area contributed by atoms with E-state index < -0.39 is 17.9 Å². The molecular weight excluding hydrogens is 332 g/mol. The van der Waals surface area contributed by atoms with E-state index in [4.69, 9.17) is 9.47 Å². The van der Waals surface area contributed by atoms with Gasteiger partial charge in [-0.15, -0.1) is 0 Å². The molecule has 2 rings (SSSR count). The van der Waals surface area contributed by atoms with Gasteiger partial charge in [0.25, 0.3) is 11.8 Å². The molecule has 0 spiro atoms. The summed E-state index contributed by atoms with van der Waals surface area (Å²) in [6, 6.07) is 12.6. The molecule has 6 heteroatoms. The van der Waals surface area contributed by atoms with Crippen molar-refractivity contribution in [3.05, 3.63) is 64.7 Å². The first-order valence-electron chi connectivity index (χ1n) is 8.33. The number of nitrogens with one attached hydrogen (secondary N) is 2. The first kappa shape index (κ1) is 19.5. The lowest BCUT2D eigenvalue weighted by molar-refractivity contribution is -0.128. The van der Waals surface area contributed by atoms with Gasteiger partial charge in [0, 0.05) is 12.7 Å². The smallest absolute Gasteiger partial charge is 0.279 e. The van der Waals surface area contributed by atoms with E-state index in [1.54, 1.807) is 38.3 Å². The van der Waals surface area contributed by atoms with E-state index in [1.165, 1.54) is 0 Å². The van der Waals surface area contributed by atoms with Crippen LogP contribution in [0.1, 0.15) is 34.0 Å². The third-order valence-electron chi connectivity index (χ3n) is 4.05. The summed E-state index contributed by atoms with van der Waals surface area (Å²) in [5.74, 6) is -0.191. The monoisotopic (exact) mass is 356 g/mol. The minimum atomic E-state index is -0.750. The number of amides is 2. The molecule has 138 valence electrons. The average molecular weight is 356 g/mol. The van der Waals surface area contributed by atoms with Crippen LogP contribution in [0.5, 0.6) is 5.75 Å². The molecule has 0 bridgehead atoms. The largest absolute Gasteiger partial charge is 0.481 e. The second-order valence-electron chi connectivity index (χ2n) is 6.03. The highest BCUT2D eigenvalue weighted by Gasteiger charge is 2.17. The maximum atomic E-state index is 12.2. The topological polar surface area (TPSA) is 76.7 Å². The number of carbonyl (C=O) groups excluding carboxylic acids is 2. The SMILES string of the molecule is COCc1ccc(C(=O)NNC(=O)[C@H](C)Oc2cccc(C)c2C)cc1. The summed E-state index contributed by atoms with van der Waals surface area (Å²) >= 11 is 0. The third-order valence-corrected chi connectivity index (χ3v) is 4.05. The molecule has 2 aromatic rings. The Bertz CT molecular complexity index is 772. The molecule has 0 aromatic heterocycles. The summed E-state index contributed by atoms with van der Waals surface area (Å²) in [6.45, 7) is 6.02. The van der Waals surface area contributed by atoms with E-state index >= 15 is 0 Å². The van der Waals surface area contributed by atoms with Gasteiger partial charge in [0.05, 0.1) is 6.61 Å². The van der Waals surface area contributed by atoms with Crippen LogP contribution in [0, 0.1) is 13.8 Å². The normalized spacial score (nSPS) is 11.5. The summed E-state index contributed by atoms with van der Waals surface area (Å²) in [4.78, 5) is 24.3. The van der Waals surface area contributed by atoms with Gasteiger partial charge in [0.15, 0.2) is 6.10 Å². The minimum Gasteiger partial charge on any atom is -0.481 e. The fourth-order valence-corrected chi connectivity index (χ4v) is 2.31. The van der Waals surface area contributed by atoms with E-state index in [0.29, 0.717) is 17.9 Å². The van der Waals surface area contributed by atoms with Crippen molar-refractivity contribution in [2.75, 3.05) is 7.11 Å². The van der Waals surface area contributed by atoms with Crippen molar-refractivity contribution in [1.29, 1.82) is 0 Å². The summed E-state index contributed by atoms with van der Waals surface area (Å²) in [6.07, 6.45) is -0.750. The Kier molecular flexibility index (Phi) is 6.74. The van der Waals surface area contributed by atoms with Gasteiger partial charge in [-0.1, -0.05) is 24.3 Å². The van der Waals surface area contributed by atoms with Crippen LogP contribution in [0.2, 0.25) is 0 Å². The first-order valence-corrected chi connectivity index (χ1v) is 8.33. The van der Waals surface area contributed by atoms with Crippen LogP contribution in [-0.2, 0) is 16.1 Å². The summed E-state index contributed by atoms with van der Waals surface area (Å²) < 4.78 is 10.7. The fourth-order valence-electron chi connectivity index (χ4n) is 2.31. The van der Waals surface area contributed by atoms with Gasteiger partial charge in [-0.05, 0) is 55.7 Å². The number of benzene rings is 2. The van der Waals surface area contributed by atoms with Crippen molar-refractivity contribution in [2.24, 2.45) is 0 Å². The number of hydrogen-bond donors (Lipinski definition) is 2. The number of methoxy groups -OCH3 is 1. The molecule has 2 amide bonds. The Morgan fingerprint density at radius 1 is 1.04 bits per heavy atom. The van der Waals surface area contributed by atoms with Crippen molar-refractivity contribution in [1.82, 2.24) is 10.9 Å². The predicted octanol–water partition coefficient (Wildman–Crippen LogP) is 2.68. The molecule has 0 unspecified atom stereocenters. The molecule has 0 heterocycles. The quantitative estimate of drug-likeness (QED) is 0.780. The number of rotatable bonds is 6. The van der Waals surface area contributed by atoms with Gasteiger partial charge in [-0.3, -0.25) is 20.4 Å². The standard InChI is InChI=1S/C20H24N2O4/c1-13-6-5-7-18(14(13)2)26-15(3)19(23)21-22-20(24)17-10-8-16(9-11-17)12-25-4/h5-11,15H,12H2,1-4H3,(H,21,23)(H,22,24)/t15-/m0/s1. The maximum absolute atomic E-state index is 12.2. The van der Waals surface area contributed by atoms with Crippen LogP contribution in [0.3, 0.4) is 0 Å². The number of hydrogen-bond acceptors (Lipinski definition) is 4. The van der Waals surface area contributed by atoms with Crippen LogP contribution in [0.4, 0.5) is 0 Å². The number of aryl methyl sites for hydroxylation is 1. The molecule has 0 aliphatic rings. The van der Waals surface area contributed by atoms with Gasteiger partial charge >= 0.3 is 0 Å². The number of hydrazine groups is 1. The third kappa shape index (κ3) is 5.07. The fraction of sp³-hybridized carbons (Fsp3) is 0.300. The van der Waals surface area contributed by atoms with Gasteiger partial charge < -0.3 is 9.47 Å². The van der Waals surface area contributed by atoms with Crippen LogP contribution in [0.15, 0.2) is 42.5 Å². The van der Waals surface area contributed by atoms with Gasteiger partial charge in [-0.25, -0.2) is 0 Å². The van der Waals surface area contributed by atoms with Gasteiger partial charge in [0.2, 0.25) is 0 Å². The lowest BCUT2D eigenvalue weighted by atomic mass is 10.1. The molecule has 6 nitrogen and oxygen atoms in total. The van der Waals surface area contributed by atoms with E-state index in [2.05, 4.69) is 10.9 Å². The van der Waals surface area contributed by atoms with Gasteiger partial charge in [-0.2, -0.15) is 0 Å². The molecule has 0 aliphatic heterocycles. The summed E-state index contributed by atoms with van der Waals surface area (Å²) in [5, 5.41) is 0. The first-order chi connectivity index (χ1) is 12.4. The van der Waals surface area contributed by atoms with Crippen LogP contribution >= 0.6 is 0 Å². The minimum absolute atomic E-state index is 0.402. The predicted molar refractivity (Wildman–Crippen MR) is 98.8 cm³/mol. The van der Waals surface area contributed by atoms with E-state index in [9.17, 15) is 9.59 Å². The van der Waals surface area contributed by atoms with Crippen LogP contribution < -0.4 is 15.6 Å². The molecule has 0 saturated carbocycles. The molecule has 0 radical (unpaired) electrons. The summed E-state index contributed by atoms with van der Waals surface area (Å²) in [7, 11) is 1.61. The van der Waals surface area contributed by atoms with E-state index in [1.807, 2.05) is 32.0 Å². The maximum Gasteiger partial charge on any atom is 0.279 e. The van der Waals surface area contributed by atoms with Crippen LogP contribution in [-0.4, -0.2) is 25.0 Å². The van der Waals surface area contributed by atoms with Crippen molar-refractivity contribution < 1.29 is 19.1 Å². The highest BCUT2D eigenvalue weighted by atomic mass is 16.5. The second-order valence-corrected chi connectivity index (χ2v) is 6.03. The molecular formula is C20H24N2O4. The Morgan fingerprint density at radius 3 is 2.38 bits per heavy atom. The zero-order chi connectivity index (χ0) is 19.1. The summed E-state index contributed by atoms with van der Waals surface area (Å²) in [5.41, 5.74) is 8.24. The van der Waals surface area contributed by atoms with Crippen molar-refractivity contribution in [2.45, 2.75) is 33.5 Å². The van der Waals surface area contributed by atoms with Crippen molar-refractivity contribution in [3.63, 3.8) is 0 Å². The lowest BCUT2D eigenvalue weighted by Crippen LogP contribution is -2.47. The molecule has 2 N–H and O–H groups in total. The Morgan fingerprint density at radius 2 is 1.73 bits per heavy atom. The Labute approximate surface area is 153 Å². The van der Waals surface area contributed by atoms with Crippen molar-refractivity contribution >= 4 is 11.8 Å². The lowest BCUT2D eigenvalue weighted by Gasteiger charge is -2.17. The molecule has 0 aliphatic carbocycles. The van der Waals surface area contributed by atoms with E-state index in [-0.39, 0.29) is 0 Å². The number of carbonyl (C=O) groups is 2. The molecule has 26 heavy (non-hydrogen) atoms. The van der Waals surface area contributed by atoms with E-state index in [0.717, 1.165) is 16.7 Å². The molecule has 0 saturated heterocycles. The average Bonchev–Trinajstić information content (AvgIpc) is 2.64. The Hall–Kier alpha value is -2.86. The second kappa shape index (κ2) is 9.01. The zero-order valence-corrected chi connectivity index (χ0v) is 15.5. The molecule has 1 atom stereocenters. The van der Waals surface area contributed by atoms with Crippen molar-refractivity contribution in [3.8, 4) is 5.75 Å². The van der Waals surface area contributed by atoms with Gasteiger partial charge in [0.1, 0.15) is 5.75 Å². The van der Waals surface area contributed by atoms with Crippen LogP contribution in [0.25, 0.3) is 0 Å². The highest BCUT2D eigenvalue weighted by molar-refractivity contribution is 5.95.